The molecule has 0 radical (unpaired) electrons. The van der Waals surface area contributed by atoms with Crippen molar-refractivity contribution in [3.8, 4) is 0 Å². The van der Waals surface area contributed by atoms with Crippen molar-refractivity contribution < 1.29 is 8.42 Å². The van der Waals surface area contributed by atoms with Crippen molar-refractivity contribution in [1.82, 2.24) is 14.7 Å². The summed E-state index contributed by atoms with van der Waals surface area (Å²) < 4.78 is 23.3. The van der Waals surface area contributed by atoms with Crippen LogP contribution in [0.25, 0.3) is 0 Å². The van der Waals surface area contributed by atoms with Crippen molar-refractivity contribution in [2.75, 3.05) is 44.5 Å². The predicted molar refractivity (Wildman–Crippen MR) is 80.3 cm³/mol. The van der Waals surface area contributed by atoms with Gasteiger partial charge >= 0.3 is 0 Å². The lowest BCUT2D eigenvalue weighted by Crippen LogP contribution is -2.29. The summed E-state index contributed by atoms with van der Waals surface area (Å²) in [5, 5.41) is 6.83. The van der Waals surface area contributed by atoms with Crippen LogP contribution in [0.15, 0.2) is 11.0 Å². The first-order valence-electron chi connectivity index (χ1n) is 6.02. The highest BCUT2D eigenvalue weighted by Crippen LogP contribution is 2.14. The lowest BCUT2D eigenvalue weighted by Gasteiger charge is -2.12. The highest BCUT2D eigenvalue weighted by molar-refractivity contribution is 7.90. The molecule has 0 aliphatic heterocycles. The fourth-order valence-electron chi connectivity index (χ4n) is 1.41. The minimum Gasteiger partial charge on any atom is -0.381 e. The van der Waals surface area contributed by atoms with Crippen LogP contribution >= 0.6 is 11.6 Å². The van der Waals surface area contributed by atoms with Gasteiger partial charge in [-0.3, -0.25) is 4.79 Å². The van der Waals surface area contributed by atoms with Crippen LogP contribution in [0.2, 0.25) is 5.02 Å². The first kappa shape index (κ1) is 16.9. The molecule has 0 amide bonds. The Morgan fingerprint density at radius 3 is 2.65 bits per heavy atom. The molecule has 1 aromatic rings. The summed E-state index contributed by atoms with van der Waals surface area (Å²) in [5.41, 5.74) is -0.0423. The molecule has 1 rings (SSSR count). The molecule has 1 N–H and O–H groups in total. The largest absolute Gasteiger partial charge is 0.381 e. The smallest absolute Gasteiger partial charge is 0.287 e. The normalized spacial score (nSPS) is 11.8. The summed E-state index contributed by atoms with van der Waals surface area (Å²) >= 11 is 5.96. The standard InChI is InChI=1S/C11H19ClN4O3S/c1-15(2)5-6-16-11(17)10(12)9(8-14-16)13-4-7-20(3,18)19/h8,13H,4-7H2,1-3H3. The maximum atomic E-state index is 12.0. The minimum atomic E-state index is -3.06. The molecule has 9 heteroatoms. The number of nitrogens with zero attached hydrogens (tertiary/aromatic N) is 3. The van der Waals surface area contributed by atoms with E-state index in [0.29, 0.717) is 18.8 Å². The third kappa shape index (κ3) is 5.48. The van der Waals surface area contributed by atoms with Crippen LogP contribution in [0.3, 0.4) is 0 Å². The van der Waals surface area contributed by atoms with Gasteiger partial charge in [0.05, 0.1) is 24.2 Å². The first-order valence-corrected chi connectivity index (χ1v) is 8.46. The Kier molecular flexibility index (Phi) is 5.97. The molecule has 0 atom stereocenters. The number of hydrogen-bond acceptors (Lipinski definition) is 6. The molecular formula is C11H19ClN4O3S. The molecule has 0 fully saturated rings. The molecule has 1 heterocycles. The van der Waals surface area contributed by atoms with Gasteiger partial charge in [-0.25, -0.2) is 13.1 Å². The Bertz CT molecular complexity index is 613. The van der Waals surface area contributed by atoms with E-state index in [0.717, 1.165) is 6.26 Å². The average molecular weight is 323 g/mol. The van der Waals surface area contributed by atoms with Gasteiger partial charge < -0.3 is 10.2 Å². The Balaban J connectivity index is 2.76. The van der Waals surface area contributed by atoms with Crippen molar-refractivity contribution in [3.05, 3.63) is 21.6 Å². The zero-order valence-corrected chi connectivity index (χ0v) is 13.3. The Labute approximate surface area is 123 Å². The third-order valence-electron chi connectivity index (χ3n) is 2.53. The number of aromatic nitrogens is 2. The first-order chi connectivity index (χ1) is 9.20. The van der Waals surface area contributed by atoms with E-state index >= 15 is 0 Å². The number of sulfone groups is 1. The van der Waals surface area contributed by atoms with Crippen LogP contribution in [-0.2, 0) is 16.4 Å². The van der Waals surface area contributed by atoms with Crippen molar-refractivity contribution >= 4 is 27.1 Å². The van der Waals surface area contributed by atoms with Crippen LogP contribution in [0.1, 0.15) is 0 Å². The van der Waals surface area contributed by atoms with E-state index in [9.17, 15) is 13.2 Å². The maximum absolute atomic E-state index is 12.0. The van der Waals surface area contributed by atoms with Crippen molar-refractivity contribution in [2.45, 2.75) is 6.54 Å². The number of hydrogen-bond donors (Lipinski definition) is 1. The van der Waals surface area contributed by atoms with E-state index < -0.39 is 15.4 Å². The number of anilines is 1. The molecule has 0 aliphatic carbocycles. The highest BCUT2D eigenvalue weighted by atomic mass is 35.5. The zero-order chi connectivity index (χ0) is 15.3. The minimum absolute atomic E-state index is 0.0206. The van der Waals surface area contributed by atoms with Gasteiger partial charge in [0.1, 0.15) is 14.9 Å². The maximum Gasteiger partial charge on any atom is 0.287 e. The summed E-state index contributed by atoms with van der Waals surface area (Å²) in [6.07, 6.45) is 2.58. The van der Waals surface area contributed by atoms with Gasteiger partial charge in [-0.2, -0.15) is 5.10 Å². The van der Waals surface area contributed by atoms with E-state index in [1.54, 1.807) is 0 Å². The Morgan fingerprint density at radius 2 is 2.10 bits per heavy atom. The summed E-state index contributed by atoms with van der Waals surface area (Å²) in [7, 11) is 0.735. The fourth-order valence-corrected chi connectivity index (χ4v) is 2.10. The van der Waals surface area contributed by atoms with Gasteiger partial charge in [0.2, 0.25) is 0 Å². The van der Waals surface area contributed by atoms with Crippen LogP contribution in [0.4, 0.5) is 5.69 Å². The quantitative estimate of drug-likeness (QED) is 0.755. The lowest BCUT2D eigenvalue weighted by molar-refractivity contribution is 0.367. The fraction of sp³-hybridized carbons (Fsp3) is 0.636. The van der Waals surface area contributed by atoms with Gasteiger partial charge in [0.15, 0.2) is 0 Å². The summed E-state index contributed by atoms with van der Waals surface area (Å²) in [5.74, 6) is -0.0347. The van der Waals surface area contributed by atoms with E-state index in [2.05, 4.69) is 10.4 Å². The third-order valence-corrected chi connectivity index (χ3v) is 3.84. The van der Waals surface area contributed by atoms with E-state index in [4.69, 9.17) is 11.6 Å². The van der Waals surface area contributed by atoms with Gasteiger partial charge in [0.25, 0.3) is 5.56 Å². The Morgan fingerprint density at radius 1 is 1.45 bits per heavy atom. The summed E-state index contributed by atoms with van der Waals surface area (Å²) in [6.45, 7) is 1.29. The van der Waals surface area contributed by atoms with E-state index in [1.165, 1.54) is 10.9 Å². The van der Waals surface area contributed by atoms with Crippen molar-refractivity contribution in [1.29, 1.82) is 0 Å². The molecule has 7 nitrogen and oxygen atoms in total. The molecule has 0 spiro atoms. The molecule has 20 heavy (non-hydrogen) atoms. The molecule has 0 bridgehead atoms. The second kappa shape index (κ2) is 7.05. The zero-order valence-electron chi connectivity index (χ0n) is 11.8. The summed E-state index contributed by atoms with van der Waals surface area (Å²) in [4.78, 5) is 13.9. The number of likely N-dealkylation sites (N-methyl/N-ethyl adjacent to an activating group) is 1. The number of nitrogens with one attached hydrogen (secondary N) is 1. The van der Waals surface area contributed by atoms with Crippen LogP contribution < -0.4 is 10.9 Å². The predicted octanol–water partition coefficient (Wildman–Crippen LogP) is -0.0852. The monoisotopic (exact) mass is 322 g/mol. The van der Waals surface area contributed by atoms with E-state index in [1.807, 2.05) is 19.0 Å². The van der Waals surface area contributed by atoms with Gasteiger partial charge in [-0.15, -0.1) is 0 Å². The van der Waals surface area contributed by atoms with Crippen molar-refractivity contribution in [2.24, 2.45) is 0 Å². The SMILES string of the molecule is CN(C)CCn1ncc(NCCS(C)(=O)=O)c(Cl)c1=O. The molecule has 1 aromatic heterocycles. The molecule has 0 saturated heterocycles. The molecule has 0 unspecified atom stereocenters. The van der Waals surface area contributed by atoms with Gasteiger partial charge in [-0.1, -0.05) is 11.6 Å². The van der Waals surface area contributed by atoms with Crippen LogP contribution in [0.5, 0.6) is 0 Å². The molecule has 114 valence electrons. The second-order valence-corrected chi connectivity index (χ2v) is 7.40. The molecule has 0 aromatic carbocycles. The topological polar surface area (TPSA) is 84.3 Å². The second-order valence-electron chi connectivity index (χ2n) is 4.76. The number of rotatable bonds is 7. The molecule has 0 saturated carbocycles. The molecular weight excluding hydrogens is 304 g/mol. The lowest BCUT2D eigenvalue weighted by atomic mass is 10.4. The highest BCUT2D eigenvalue weighted by Gasteiger charge is 2.10. The van der Waals surface area contributed by atoms with E-state index in [-0.39, 0.29) is 17.3 Å². The van der Waals surface area contributed by atoms with Crippen LogP contribution in [-0.4, -0.2) is 62.3 Å². The van der Waals surface area contributed by atoms with Gasteiger partial charge in [0, 0.05) is 19.3 Å². The Hall–Kier alpha value is -1.12. The number of halogens is 1. The van der Waals surface area contributed by atoms with Gasteiger partial charge in [-0.05, 0) is 14.1 Å². The van der Waals surface area contributed by atoms with Crippen LogP contribution in [0, 0.1) is 0 Å². The molecule has 0 aliphatic rings. The van der Waals surface area contributed by atoms with Crippen molar-refractivity contribution in [3.63, 3.8) is 0 Å². The summed E-state index contributed by atoms with van der Waals surface area (Å²) in [6, 6.07) is 0. The average Bonchev–Trinajstić information content (AvgIpc) is 2.32.